The minimum Gasteiger partial charge on any atom is -0.390 e. The summed E-state index contributed by atoms with van der Waals surface area (Å²) < 4.78 is 0. The number of hydrogen-bond acceptors (Lipinski definition) is 6. The Labute approximate surface area is 168 Å². The quantitative estimate of drug-likeness (QED) is 0.470. The molecule has 0 rings (SSSR count). The van der Waals surface area contributed by atoms with Crippen LogP contribution in [0, 0.1) is 0 Å². The molecule has 27 heavy (non-hydrogen) atoms. The lowest BCUT2D eigenvalue weighted by Gasteiger charge is -2.40. The van der Waals surface area contributed by atoms with Crippen molar-refractivity contribution in [2.45, 2.75) is 117 Å². The van der Waals surface area contributed by atoms with E-state index < -0.39 is 5.60 Å². The van der Waals surface area contributed by atoms with E-state index in [1.807, 2.05) is 45.1 Å². The van der Waals surface area contributed by atoms with Crippen LogP contribution in [-0.2, 0) is 9.68 Å². The first kappa shape index (κ1) is 26.8. The Morgan fingerprint density at radius 2 is 1.37 bits per heavy atom. The van der Waals surface area contributed by atoms with E-state index in [0.29, 0.717) is 0 Å². The van der Waals surface area contributed by atoms with Gasteiger partial charge in [-0.15, -0.1) is 0 Å². The number of hydrogen-bond donors (Lipinski definition) is 2. The van der Waals surface area contributed by atoms with Gasteiger partial charge in [0.15, 0.2) is 0 Å². The maximum absolute atomic E-state index is 9.93. The Morgan fingerprint density at radius 3 is 1.81 bits per heavy atom. The Bertz CT molecular complexity index is 421. The van der Waals surface area contributed by atoms with Crippen LogP contribution in [-0.4, -0.2) is 71.3 Å². The monoisotopic (exact) mass is 389 g/mol. The maximum Gasteiger partial charge on any atom is 0.0992 e. The number of nitrogens with zero attached hydrogens (tertiary/aromatic N) is 2. The van der Waals surface area contributed by atoms with E-state index >= 15 is 0 Å². The summed E-state index contributed by atoms with van der Waals surface area (Å²) in [6.07, 6.45) is 2.45. The smallest absolute Gasteiger partial charge is 0.0992 e. The second-order valence-electron chi connectivity index (χ2n) is 9.90. The largest absolute Gasteiger partial charge is 0.390 e. The Kier molecular flexibility index (Phi) is 10.4. The molecule has 0 aliphatic heterocycles. The van der Waals surface area contributed by atoms with Crippen molar-refractivity contribution in [3.8, 4) is 0 Å². The lowest BCUT2D eigenvalue weighted by atomic mass is 9.99. The van der Waals surface area contributed by atoms with Gasteiger partial charge in [0.25, 0.3) is 0 Å². The number of likely N-dealkylation sites (N-methyl/N-ethyl adjacent to an activating group) is 1. The number of hydroxylamine groups is 4. The van der Waals surface area contributed by atoms with Gasteiger partial charge < -0.3 is 10.4 Å². The van der Waals surface area contributed by atoms with Crippen molar-refractivity contribution >= 4 is 0 Å². The van der Waals surface area contributed by atoms with Crippen LogP contribution >= 0.6 is 0 Å². The van der Waals surface area contributed by atoms with Gasteiger partial charge in [0.1, 0.15) is 0 Å². The molecule has 0 bridgehead atoms. The van der Waals surface area contributed by atoms with Gasteiger partial charge >= 0.3 is 0 Å². The van der Waals surface area contributed by atoms with Crippen LogP contribution in [0.15, 0.2) is 0 Å². The molecule has 0 amide bonds. The van der Waals surface area contributed by atoms with Crippen LogP contribution in [0.5, 0.6) is 0 Å². The summed E-state index contributed by atoms with van der Waals surface area (Å²) in [4.78, 5) is 12.4. The summed E-state index contributed by atoms with van der Waals surface area (Å²) in [5, 5.41) is 17.0. The molecule has 0 aromatic carbocycles. The average Bonchev–Trinajstić information content (AvgIpc) is 2.49. The summed E-state index contributed by atoms with van der Waals surface area (Å²) in [5.74, 6) is 0. The first-order chi connectivity index (χ1) is 12.0. The van der Waals surface area contributed by atoms with Crippen LogP contribution < -0.4 is 5.32 Å². The van der Waals surface area contributed by atoms with Crippen molar-refractivity contribution in [2.24, 2.45) is 0 Å². The van der Waals surface area contributed by atoms with Gasteiger partial charge in [0, 0.05) is 32.2 Å². The predicted octanol–water partition coefficient (Wildman–Crippen LogP) is 3.60. The van der Waals surface area contributed by atoms with Crippen LogP contribution in [0.2, 0.25) is 0 Å². The fraction of sp³-hybridized carbons (Fsp3) is 1.00. The number of aliphatic hydroxyl groups is 1. The molecule has 0 aromatic rings. The number of nitrogens with one attached hydrogen (secondary N) is 1. The Morgan fingerprint density at radius 1 is 0.889 bits per heavy atom. The zero-order valence-corrected chi connectivity index (χ0v) is 20.0. The van der Waals surface area contributed by atoms with Gasteiger partial charge in [-0.1, -0.05) is 0 Å². The van der Waals surface area contributed by atoms with Crippen molar-refractivity contribution in [3.05, 3.63) is 0 Å². The molecule has 0 radical (unpaired) electrons. The predicted molar refractivity (Wildman–Crippen MR) is 113 cm³/mol. The van der Waals surface area contributed by atoms with Crippen LogP contribution in [0.4, 0.5) is 0 Å². The standard InChI is InChI=1S/C21H47N3O3/c1-16(13-14-19(4,5)25)23(11)26-20(6,7)15-17(2)24(12)27-21(8,9)18(3)22-10/h16-18,22,25H,13-15H2,1-12H3. The first-order valence-electron chi connectivity index (χ1n) is 10.2. The highest BCUT2D eigenvalue weighted by Crippen LogP contribution is 2.25. The summed E-state index contributed by atoms with van der Waals surface area (Å²) in [6.45, 7) is 18.5. The molecule has 0 saturated carbocycles. The van der Waals surface area contributed by atoms with Gasteiger partial charge in [0.05, 0.1) is 16.8 Å². The lowest BCUT2D eigenvalue weighted by molar-refractivity contribution is -0.273. The molecule has 0 saturated heterocycles. The molecule has 0 spiro atoms. The third-order valence-electron chi connectivity index (χ3n) is 5.45. The van der Waals surface area contributed by atoms with Crippen molar-refractivity contribution < 1.29 is 14.8 Å². The summed E-state index contributed by atoms with van der Waals surface area (Å²) in [7, 11) is 5.91. The molecule has 0 aliphatic carbocycles. The molecule has 0 aromatic heterocycles. The second kappa shape index (κ2) is 10.5. The highest BCUT2D eigenvalue weighted by Gasteiger charge is 2.32. The molecule has 0 aliphatic rings. The molecular formula is C21H47N3O3. The SMILES string of the molecule is CNC(C)C(C)(C)ON(C)C(C)CC(C)(C)ON(C)C(C)CCC(C)(C)O. The highest BCUT2D eigenvalue weighted by molar-refractivity contribution is 4.82. The topological polar surface area (TPSA) is 57.2 Å². The van der Waals surface area contributed by atoms with Gasteiger partial charge in [-0.05, 0) is 88.6 Å². The molecular weight excluding hydrogens is 342 g/mol. The highest BCUT2D eigenvalue weighted by atomic mass is 16.7. The van der Waals surface area contributed by atoms with Crippen LogP contribution in [0.3, 0.4) is 0 Å². The van der Waals surface area contributed by atoms with Crippen molar-refractivity contribution in [1.29, 1.82) is 0 Å². The Balaban J connectivity index is 4.66. The minimum absolute atomic E-state index is 0.198. The summed E-state index contributed by atoms with van der Waals surface area (Å²) in [6, 6.07) is 0.665. The second-order valence-corrected chi connectivity index (χ2v) is 9.90. The van der Waals surface area contributed by atoms with Gasteiger partial charge in [-0.2, -0.15) is 10.1 Å². The van der Waals surface area contributed by atoms with E-state index in [9.17, 15) is 5.11 Å². The van der Waals surface area contributed by atoms with Crippen molar-refractivity contribution in [3.63, 3.8) is 0 Å². The maximum atomic E-state index is 9.93. The van der Waals surface area contributed by atoms with Crippen molar-refractivity contribution in [1.82, 2.24) is 15.4 Å². The zero-order valence-electron chi connectivity index (χ0n) is 20.0. The third kappa shape index (κ3) is 10.8. The van der Waals surface area contributed by atoms with Crippen LogP contribution in [0.1, 0.15) is 81.6 Å². The molecule has 0 fully saturated rings. The van der Waals surface area contributed by atoms with E-state index in [4.69, 9.17) is 9.68 Å². The fourth-order valence-corrected chi connectivity index (χ4v) is 2.99. The van der Waals surface area contributed by atoms with Gasteiger partial charge in [-0.3, -0.25) is 9.68 Å². The summed E-state index contributed by atoms with van der Waals surface area (Å²) in [5.41, 5.74) is -1.27. The fourth-order valence-electron chi connectivity index (χ4n) is 2.99. The molecule has 164 valence electrons. The van der Waals surface area contributed by atoms with E-state index in [1.165, 1.54) is 0 Å². The Hall–Kier alpha value is -0.240. The lowest BCUT2D eigenvalue weighted by Crippen LogP contribution is -2.51. The van der Waals surface area contributed by atoms with E-state index in [-0.39, 0.29) is 29.3 Å². The average molecular weight is 390 g/mol. The van der Waals surface area contributed by atoms with Crippen LogP contribution in [0.25, 0.3) is 0 Å². The molecule has 3 atom stereocenters. The minimum atomic E-state index is -0.642. The molecule has 2 N–H and O–H groups in total. The molecule has 6 nitrogen and oxygen atoms in total. The number of rotatable bonds is 13. The first-order valence-corrected chi connectivity index (χ1v) is 10.2. The van der Waals surface area contributed by atoms with Crippen molar-refractivity contribution in [2.75, 3.05) is 21.1 Å². The van der Waals surface area contributed by atoms with Gasteiger partial charge in [-0.25, -0.2) is 0 Å². The van der Waals surface area contributed by atoms with Gasteiger partial charge in [0.2, 0.25) is 0 Å². The molecule has 0 heterocycles. The van der Waals surface area contributed by atoms with E-state index in [2.05, 4.69) is 53.8 Å². The normalized spacial score (nSPS) is 17.4. The zero-order chi connectivity index (χ0) is 21.6. The summed E-state index contributed by atoms with van der Waals surface area (Å²) >= 11 is 0. The van der Waals surface area contributed by atoms with E-state index in [1.54, 1.807) is 0 Å². The molecule has 6 heteroatoms. The molecule has 3 unspecified atom stereocenters. The van der Waals surface area contributed by atoms with E-state index in [0.717, 1.165) is 19.3 Å². The third-order valence-corrected chi connectivity index (χ3v) is 5.45.